The van der Waals surface area contributed by atoms with Gasteiger partial charge in [0.2, 0.25) is 13.6 Å². The summed E-state index contributed by atoms with van der Waals surface area (Å²) in [6, 6.07) is 0. The lowest BCUT2D eigenvalue weighted by Crippen LogP contribution is -2.32. The molecule has 232 valence electrons. The van der Waals surface area contributed by atoms with Gasteiger partial charge in [-0.2, -0.15) is 0 Å². The monoisotopic (exact) mass is 633 g/mol. The van der Waals surface area contributed by atoms with Crippen molar-refractivity contribution in [3.05, 3.63) is 23.1 Å². The lowest BCUT2D eigenvalue weighted by atomic mass is 9.98. The molecule has 0 radical (unpaired) electrons. The Morgan fingerprint density at radius 1 is 1.29 bits per heavy atom. The maximum Gasteiger partial charge on any atom is 0.515 e. The summed E-state index contributed by atoms with van der Waals surface area (Å²) < 4.78 is 59.2. The molecule has 0 bridgehead atoms. The van der Waals surface area contributed by atoms with Crippen molar-refractivity contribution < 1.29 is 46.8 Å². The molecule has 0 amide bonds. The molecule has 0 aliphatic carbocycles. The molecule has 3 rings (SSSR count). The molecule has 3 unspecified atom stereocenters. The highest BCUT2D eigenvalue weighted by Gasteiger charge is 2.48. The number of carbonyl (C=O) groups excluding carboxylic acids is 1. The predicted octanol–water partition coefficient (Wildman–Crippen LogP) is 3.96. The first-order valence-electron chi connectivity index (χ1n) is 12.6. The minimum absolute atomic E-state index is 0.121. The SMILES string of the molecule is CC(C)(C)C(=O)OCOP(=O)(COC[C@]1(N=[N+]=[N-])CC(O)[C@H](n2cnc3c(N)ncnc32)O1)OCO[P+](=O)C(C)(C)C. The van der Waals surface area contributed by atoms with E-state index in [4.69, 9.17) is 33.5 Å². The van der Waals surface area contributed by atoms with Crippen LogP contribution in [0.25, 0.3) is 21.6 Å². The summed E-state index contributed by atoms with van der Waals surface area (Å²) in [4.78, 5) is 27.0. The molecule has 0 saturated carbocycles. The summed E-state index contributed by atoms with van der Waals surface area (Å²) in [6.45, 7) is 8.01. The molecule has 2 aromatic heterocycles. The topological polar surface area (TPSA) is 245 Å². The highest BCUT2D eigenvalue weighted by atomic mass is 31.2. The van der Waals surface area contributed by atoms with Crippen molar-refractivity contribution in [2.45, 2.75) is 71.2 Å². The van der Waals surface area contributed by atoms with E-state index < -0.39 is 76.8 Å². The van der Waals surface area contributed by atoms with E-state index in [0.29, 0.717) is 0 Å². The fourth-order valence-electron chi connectivity index (χ4n) is 3.50. The third kappa shape index (κ3) is 8.40. The van der Waals surface area contributed by atoms with Gasteiger partial charge in [0.1, 0.15) is 24.3 Å². The first kappa shape index (κ1) is 33.7. The fourth-order valence-corrected chi connectivity index (χ4v) is 5.08. The Morgan fingerprint density at radius 2 is 1.98 bits per heavy atom. The number of aliphatic hydroxyl groups is 1. The van der Waals surface area contributed by atoms with Crippen LogP contribution >= 0.6 is 15.6 Å². The molecule has 1 saturated heterocycles. The van der Waals surface area contributed by atoms with E-state index in [2.05, 4.69) is 25.0 Å². The number of carbonyl (C=O) groups is 1. The zero-order valence-corrected chi connectivity index (χ0v) is 25.9. The van der Waals surface area contributed by atoms with Crippen LogP contribution in [-0.4, -0.2) is 74.1 Å². The number of azide groups is 1. The van der Waals surface area contributed by atoms with E-state index in [-0.39, 0.29) is 23.4 Å². The van der Waals surface area contributed by atoms with Gasteiger partial charge in [-0.05, 0) is 51.6 Å². The van der Waals surface area contributed by atoms with Crippen LogP contribution in [-0.2, 0) is 41.7 Å². The van der Waals surface area contributed by atoms with Crippen LogP contribution in [0, 0.1) is 5.41 Å². The molecule has 18 nitrogen and oxygen atoms in total. The summed E-state index contributed by atoms with van der Waals surface area (Å²) in [6.07, 6.45) is -0.693. The number of nitrogens with zero attached hydrogens (tertiary/aromatic N) is 7. The van der Waals surface area contributed by atoms with Crippen molar-refractivity contribution in [2.24, 2.45) is 10.5 Å². The number of ether oxygens (including phenoxy) is 3. The largest absolute Gasteiger partial charge is 0.515 e. The zero-order valence-electron chi connectivity index (χ0n) is 24.1. The number of aromatic nitrogens is 4. The van der Waals surface area contributed by atoms with Gasteiger partial charge in [-0.25, -0.2) is 15.0 Å². The van der Waals surface area contributed by atoms with Gasteiger partial charge >= 0.3 is 21.6 Å². The number of aliphatic hydroxyl groups excluding tert-OH is 1. The third-order valence-electron chi connectivity index (χ3n) is 5.68. The molecule has 1 fully saturated rings. The maximum absolute atomic E-state index is 13.4. The zero-order chi connectivity index (χ0) is 31.3. The Hall–Kier alpha value is -2.78. The number of hydrogen-bond acceptors (Lipinski definition) is 15. The average Bonchev–Trinajstić information content (AvgIpc) is 3.44. The van der Waals surface area contributed by atoms with Gasteiger partial charge in [0.05, 0.1) is 18.3 Å². The Labute approximate surface area is 242 Å². The molecule has 42 heavy (non-hydrogen) atoms. The van der Waals surface area contributed by atoms with Crippen LogP contribution in [0.3, 0.4) is 0 Å². The van der Waals surface area contributed by atoms with Gasteiger partial charge in [-0.3, -0.25) is 23.0 Å². The van der Waals surface area contributed by atoms with Crippen molar-refractivity contribution in [1.29, 1.82) is 0 Å². The van der Waals surface area contributed by atoms with Crippen LogP contribution in [0.1, 0.15) is 54.2 Å². The van der Waals surface area contributed by atoms with E-state index >= 15 is 0 Å². The summed E-state index contributed by atoms with van der Waals surface area (Å²) >= 11 is 0. The van der Waals surface area contributed by atoms with Crippen LogP contribution in [0.4, 0.5) is 5.82 Å². The Morgan fingerprint density at radius 3 is 2.62 bits per heavy atom. The second kappa shape index (κ2) is 13.2. The van der Waals surface area contributed by atoms with Crippen LogP contribution in [0.5, 0.6) is 0 Å². The minimum Gasteiger partial charge on any atom is -0.438 e. The molecule has 1 aliphatic heterocycles. The number of nitrogen functional groups attached to an aromatic ring is 1. The van der Waals surface area contributed by atoms with E-state index in [9.17, 15) is 24.6 Å². The lowest BCUT2D eigenvalue weighted by Gasteiger charge is -2.25. The highest BCUT2D eigenvalue weighted by Crippen LogP contribution is 2.50. The first-order chi connectivity index (χ1) is 19.5. The quantitative estimate of drug-likeness (QED) is 0.0792. The Bertz CT molecular complexity index is 1350. The number of anilines is 1. The van der Waals surface area contributed by atoms with E-state index in [1.807, 2.05) is 0 Å². The lowest BCUT2D eigenvalue weighted by molar-refractivity contribution is -0.160. The van der Waals surface area contributed by atoms with Crippen LogP contribution in [0.15, 0.2) is 17.8 Å². The number of rotatable bonds is 13. The molecule has 2 aromatic rings. The molecule has 1 aliphatic rings. The molecular weight excluding hydrogens is 598 g/mol. The second-order valence-corrected chi connectivity index (χ2v) is 15.4. The summed E-state index contributed by atoms with van der Waals surface area (Å²) in [5, 5.41) is 13.8. The summed E-state index contributed by atoms with van der Waals surface area (Å²) in [5.74, 6) is -0.501. The fraction of sp³-hybridized carbons (Fsp3) is 0.727. The molecule has 3 N–H and O–H groups in total. The van der Waals surface area contributed by atoms with Crippen molar-refractivity contribution >= 4 is 38.6 Å². The van der Waals surface area contributed by atoms with Gasteiger partial charge in [0.25, 0.3) is 0 Å². The maximum atomic E-state index is 13.4. The number of fused-ring (bicyclic) bond motifs is 1. The summed E-state index contributed by atoms with van der Waals surface area (Å²) in [5.41, 5.74) is 13.0. The first-order valence-corrected chi connectivity index (χ1v) is 15.5. The number of imidazole rings is 1. The number of nitrogens with two attached hydrogens (primary N) is 1. The Kier molecular flexibility index (Phi) is 10.6. The molecule has 5 atom stereocenters. The predicted molar refractivity (Wildman–Crippen MR) is 147 cm³/mol. The minimum atomic E-state index is -4.21. The number of hydrogen-bond donors (Lipinski definition) is 2. The van der Waals surface area contributed by atoms with E-state index in [1.165, 1.54) is 17.2 Å². The standard InChI is InChI=1S/C22H35N8O10P2/c1-20(2,3)19(32)36-11-38-42(34,39-12-37-41(33)21(4,5)6)13-35-8-22(28-29-24)7-14(31)18(40-22)30-10-27-15-16(23)25-9-26-17(15)30/h9-10,14,18,31H,7-8,11-13H2,1-6H3,(H2,23,25,26)/q+1/t14?,18-,22+,42?/m1/s1. The molecule has 3 heterocycles. The van der Waals surface area contributed by atoms with Crippen molar-refractivity contribution in [3.63, 3.8) is 0 Å². The molecule has 0 aromatic carbocycles. The van der Waals surface area contributed by atoms with Gasteiger partial charge < -0.3 is 25.1 Å². The van der Waals surface area contributed by atoms with Gasteiger partial charge in [0.15, 0.2) is 28.6 Å². The molecule has 0 spiro atoms. The smallest absolute Gasteiger partial charge is 0.438 e. The second-order valence-electron chi connectivity index (χ2n) is 11.3. The average molecular weight is 634 g/mol. The highest BCUT2D eigenvalue weighted by molar-refractivity contribution is 7.53. The van der Waals surface area contributed by atoms with Gasteiger partial charge in [-0.15, -0.1) is 4.52 Å². The van der Waals surface area contributed by atoms with Crippen molar-refractivity contribution in [1.82, 2.24) is 19.5 Å². The normalized spacial score (nSPS) is 22.9. The van der Waals surface area contributed by atoms with E-state index in [0.717, 1.165) is 0 Å². The van der Waals surface area contributed by atoms with Crippen molar-refractivity contribution in [3.8, 4) is 0 Å². The Balaban J connectivity index is 1.71. The molecule has 20 heteroatoms. The van der Waals surface area contributed by atoms with Crippen molar-refractivity contribution in [2.75, 3.05) is 32.3 Å². The van der Waals surface area contributed by atoms with Gasteiger partial charge in [0, 0.05) is 11.3 Å². The number of esters is 1. The summed E-state index contributed by atoms with van der Waals surface area (Å²) in [7, 11) is -6.41. The molecular formula is C22H35N8O10P2+. The van der Waals surface area contributed by atoms with Crippen LogP contribution < -0.4 is 5.73 Å². The van der Waals surface area contributed by atoms with Gasteiger partial charge in [-0.1, -0.05) is 5.11 Å². The van der Waals surface area contributed by atoms with E-state index in [1.54, 1.807) is 41.5 Å². The van der Waals surface area contributed by atoms with Crippen LogP contribution in [0.2, 0.25) is 0 Å². The third-order valence-corrected chi connectivity index (χ3v) is 8.61.